The van der Waals surface area contributed by atoms with Gasteiger partial charge in [-0.15, -0.1) is 0 Å². The molecule has 1 aliphatic rings. The fourth-order valence-electron chi connectivity index (χ4n) is 3.22. The number of rotatable bonds is 7. The van der Waals surface area contributed by atoms with E-state index >= 15 is 0 Å². The molecule has 2 heterocycles. The molecular weight excluding hydrogens is 343 g/mol. The quantitative estimate of drug-likeness (QED) is 0.783. The lowest BCUT2D eigenvalue weighted by Crippen LogP contribution is -2.29. The standard InChI is InChI=1S/C17H21FN4O4/c1-24-9-15-20-17(26-21-15)12-8-22(7-11(12)16(19)23)6-10-3-4-13(18)14(5-10)25-2/h3-5,11-12H,6-9H2,1-2H3,(H2,19,23)/t11-,12-/m1/s1. The number of methoxy groups -OCH3 is 2. The van der Waals surface area contributed by atoms with E-state index in [4.69, 9.17) is 19.7 Å². The van der Waals surface area contributed by atoms with Crippen molar-refractivity contribution in [1.29, 1.82) is 0 Å². The molecule has 9 heteroatoms. The Morgan fingerprint density at radius 2 is 2.23 bits per heavy atom. The molecule has 2 atom stereocenters. The van der Waals surface area contributed by atoms with E-state index < -0.39 is 17.6 Å². The number of ether oxygens (including phenoxy) is 2. The van der Waals surface area contributed by atoms with Crippen LogP contribution in [0.2, 0.25) is 0 Å². The van der Waals surface area contributed by atoms with Gasteiger partial charge in [0.15, 0.2) is 17.4 Å². The van der Waals surface area contributed by atoms with Gasteiger partial charge in [-0.05, 0) is 17.7 Å². The molecule has 3 rings (SSSR count). The van der Waals surface area contributed by atoms with Crippen LogP contribution in [0.5, 0.6) is 5.75 Å². The highest BCUT2D eigenvalue weighted by Crippen LogP contribution is 2.33. The van der Waals surface area contributed by atoms with Crippen LogP contribution in [0.25, 0.3) is 0 Å². The number of carbonyl (C=O) groups excluding carboxylic acids is 1. The predicted molar refractivity (Wildman–Crippen MR) is 88.7 cm³/mol. The minimum Gasteiger partial charge on any atom is -0.494 e. The summed E-state index contributed by atoms with van der Waals surface area (Å²) in [6.07, 6.45) is 0. The summed E-state index contributed by atoms with van der Waals surface area (Å²) >= 11 is 0. The third-order valence-electron chi connectivity index (χ3n) is 4.46. The average molecular weight is 364 g/mol. The number of hydrogen-bond donors (Lipinski definition) is 1. The van der Waals surface area contributed by atoms with Gasteiger partial charge in [-0.3, -0.25) is 9.69 Å². The van der Waals surface area contributed by atoms with Gasteiger partial charge in [0.1, 0.15) is 6.61 Å². The zero-order chi connectivity index (χ0) is 18.7. The molecule has 0 bridgehead atoms. The number of benzene rings is 1. The summed E-state index contributed by atoms with van der Waals surface area (Å²) in [5.41, 5.74) is 6.44. The number of nitrogens with two attached hydrogens (primary N) is 1. The summed E-state index contributed by atoms with van der Waals surface area (Å²) < 4.78 is 28.8. The van der Waals surface area contributed by atoms with Gasteiger partial charge >= 0.3 is 0 Å². The molecule has 1 aromatic carbocycles. The first-order valence-electron chi connectivity index (χ1n) is 8.17. The van der Waals surface area contributed by atoms with Crippen molar-refractivity contribution in [3.05, 3.63) is 41.3 Å². The molecule has 1 fully saturated rings. The number of amides is 1. The topological polar surface area (TPSA) is 104 Å². The molecule has 0 spiro atoms. The number of carbonyl (C=O) groups is 1. The van der Waals surface area contributed by atoms with Crippen LogP contribution in [0.4, 0.5) is 4.39 Å². The van der Waals surface area contributed by atoms with E-state index in [1.165, 1.54) is 20.3 Å². The van der Waals surface area contributed by atoms with Crippen LogP contribution in [0, 0.1) is 11.7 Å². The molecule has 0 unspecified atom stereocenters. The molecule has 2 aromatic rings. The average Bonchev–Trinajstić information content (AvgIpc) is 3.24. The number of primary amides is 1. The molecule has 2 N–H and O–H groups in total. The highest BCUT2D eigenvalue weighted by molar-refractivity contribution is 5.78. The number of hydrogen-bond acceptors (Lipinski definition) is 7. The molecule has 0 saturated carbocycles. The Labute approximate surface area is 150 Å². The first kappa shape index (κ1) is 18.3. The summed E-state index contributed by atoms with van der Waals surface area (Å²) in [5.74, 6) is -0.567. The van der Waals surface area contributed by atoms with Crippen LogP contribution < -0.4 is 10.5 Å². The molecule has 0 aliphatic carbocycles. The van der Waals surface area contributed by atoms with Crippen LogP contribution in [0.1, 0.15) is 23.2 Å². The van der Waals surface area contributed by atoms with Crippen molar-refractivity contribution in [3.63, 3.8) is 0 Å². The summed E-state index contributed by atoms with van der Waals surface area (Å²) in [5, 5.41) is 3.85. The van der Waals surface area contributed by atoms with Crippen LogP contribution in [-0.2, 0) is 22.7 Å². The largest absolute Gasteiger partial charge is 0.494 e. The first-order chi connectivity index (χ1) is 12.5. The minimum atomic E-state index is -0.437. The Hall–Kier alpha value is -2.52. The van der Waals surface area contributed by atoms with Crippen LogP contribution in [0.15, 0.2) is 22.7 Å². The number of nitrogens with zero attached hydrogens (tertiary/aromatic N) is 3. The summed E-state index contributed by atoms with van der Waals surface area (Å²) in [4.78, 5) is 18.2. The second-order valence-corrected chi connectivity index (χ2v) is 6.26. The summed E-state index contributed by atoms with van der Waals surface area (Å²) in [7, 11) is 2.96. The molecule has 1 amide bonds. The van der Waals surface area contributed by atoms with E-state index in [0.717, 1.165) is 5.56 Å². The van der Waals surface area contributed by atoms with Gasteiger partial charge < -0.3 is 19.7 Å². The lowest BCUT2D eigenvalue weighted by atomic mass is 9.95. The van der Waals surface area contributed by atoms with Gasteiger partial charge in [-0.2, -0.15) is 4.98 Å². The van der Waals surface area contributed by atoms with E-state index in [1.54, 1.807) is 12.1 Å². The van der Waals surface area contributed by atoms with Crippen molar-refractivity contribution in [2.75, 3.05) is 27.3 Å². The highest BCUT2D eigenvalue weighted by Gasteiger charge is 2.40. The number of halogens is 1. The van der Waals surface area contributed by atoms with Gasteiger partial charge in [0.25, 0.3) is 0 Å². The Bertz CT molecular complexity index is 782. The van der Waals surface area contributed by atoms with E-state index in [2.05, 4.69) is 10.1 Å². The van der Waals surface area contributed by atoms with Gasteiger partial charge in [0.05, 0.1) is 18.9 Å². The SMILES string of the molecule is COCc1noc([C@@H]2CN(Cc3ccc(F)c(OC)c3)C[C@H]2C(N)=O)n1. The zero-order valence-corrected chi connectivity index (χ0v) is 14.6. The lowest BCUT2D eigenvalue weighted by Gasteiger charge is -2.16. The van der Waals surface area contributed by atoms with Crippen LogP contribution in [0.3, 0.4) is 0 Å². The highest BCUT2D eigenvalue weighted by atomic mass is 19.1. The fourth-order valence-corrected chi connectivity index (χ4v) is 3.22. The Morgan fingerprint density at radius 3 is 2.92 bits per heavy atom. The molecule has 1 saturated heterocycles. The monoisotopic (exact) mass is 364 g/mol. The smallest absolute Gasteiger partial charge is 0.231 e. The van der Waals surface area contributed by atoms with Crippen molar-refractivity contribution >= 4 is 5.91 Å². The van der Waals surface area contributed by atoms with Crippen LogP contribution in [-0.4, -0.2) is 48.3 Å². The maximum absolute atomic E-state index is 13.6. The molecule has 26 heavy (non-hydrogen) atoms. The van der Waals surface area contributed by atoms with E-state index in [-0.39, 0.29) is 18.3 Å². The van der Waals surface area contributed by atoms with Crippen molar-refractivity contribution in [2.45, 2.75) is 19.1 Å². The second kappa shape index (κ2) is 7.79. The molecule has 1 aromatic heterocycles. The first-order valence-corrected chi connectivity index (χ1v) is 8.17. The zero-order valence-electron chi connectivity index (χ0n) is 14.6. The van der Waals surface area contributed by atoms with Crippen LogP contribution >= 0.6 is 0 Å². The molecule has 1 aliphatic heterocycles. The lowest BCUT2D eigenvalue weighted by molar-refractivity contribution is -0.121. The number of aromatic nitrogens is 2. The summed E-state index contributed by atoms with van der Waals surface area (Å²) in [6.45, 7) is 1.75. The third kappa shape index (κ3) is 3.83. The second-order valence-electron chi connectivity index (χ2n) is 6.26. The van der Waals surface area contributed by atoms with E-state index in [0.29, 0.717) is 31.3 Å². The Balaban J connectivity index is 1.75. The molecule has 140 valence electrons. The fraction of sp³-hybridized carbons (Fsp3) is 0.471. The third-order valence-corrected chi connectivity index (χ3v) is 4.46. The molecule has 8 nitrogen and oxygen atoms in total. The predicted octanol–water partition coefficient (Wildman–Crippen LogP) is 1.06. The maximum Gasteiger partial charge on any atom is 0.231 e. The Kier molecular flexibility index (Phi) is 5.48. The number of likely N-dealkylation sites (tertiary alicyclic amines) is 1. The summed E-state index contributed by atoms with van der Waals surface area (Å²) in [6, 6.07) is 4.70. The van der Waals surface area contributed by atoms with Gasteiger partial charge in [0.2, 0.25) is 11.8 Å². The van der Waals surface area contributed by atoms with Gasteiger partial charge in [0, 0.05) is 26.7 Å². The van der Waals surface area contributed by atoms with Crippen molar-refractivity contribution < 1.29 is 23.2 Å². The molecular formula is C17H21FN4O4. The maximum atomic E-state index is 13.6. The van der Waals surface area contributed by atoms with Gasteiger partial charge in [-0.25, -0.2) is 4.39 Å². The van der Waals surface area contributed by atoms with Crippen molar-refractivity contribution in [3.8, 4) is 5.75 Å². The normalized spacial score (nSPS) is 20.4. The van der Waals surface area contributed by atoms with Crippen molar-refractivity contribution in [1.82, 2.24) is 15.0 Å². The van der Waals surface area contributed by atoms with E-state index in [9.17, 15) is 9.18 Å². The van der Waals surface area contributed by atoms with Gasteiger partial charge in [-0.1, -0.05) is 11.2 Å². The minimum absolute atomic E-state index is 0.186. The van der Waals surface area contributed by atoms with Crippen molar-refractivity contribution in [2.24, 2.45) is 11.7 Å². The molecule has 0 radical (unpaired) electrons. The Morgan fingerprint density at radius 1 is 1.42 bits per heavy atom. The van der Waals surface area contributed by atoms with E-state index in [1.807, 2.05) is 4.90 Å².